The van der Waals surface area contributed by atoms with Gasteiger partial charge >= 0.3 is 0 Å². The Bertz CT molecular complexity index is 998. The van der Waals surface area contributed by atoms with E-state index in [-0.39, 0.29) is 5.91 Å². The molecule has 2 heterocycles. The minimum Gasteiger partial charge on any atom is -0.371 e. The van der Waals surface area contributed by atoms with E-state index in [2.05, 4.69) is 16.4 Å². The van der Waals surface area contributed by atoms with Gasteiger partial charge in [-0.25, -0.2) is 0 Å². The van der Waals surface area contributed by atoms with E-state index in [9.17, 15) is 4.79 Å². The van der Waals surface area contributed by atoms with E-state index in [0.29, 0.717) is 16.5 Å². The molecular weight excluding hydrogens is 381 g/mol. The van der Waals surface area contributed by atoms with Gasteiger partial charge in [-0.15, -0.1) is 0 Å². The lowest BCUT2D eigenvalue weighted by molar-refractivity contribution is 0.0788. The summed E-state index contributed by atoms with van der Waals surface area (Å²) < 4.78 is 0. The molecule has 1 fully saturated rings. The molecule has 1 amide bonds. The van der Waals surface area contributed by atoms with Crippen LogP contribution in [0.4, 0.5) is 5.82 Å². The van der Waals surface area contributed by atoms with Gasteiger partial charge in [0.05, 0.1) is 10.6 Å². The Kier molecular flexibility index (Phi) is 5.02. The molecule has 1 aliphatic heterocycles. The number of rotatable bonds is 4. The van der Waals surface area contributed by atoms with E-state index in [0.717, 1.165) is 53.4 Å². The van der Waals surface area contributed by atoms with Crippen LogP contribution < -0.4 is 5.32 Å². The number of anilines is 1. The molecule has 1 atom stereocenters. The van der Waals surface area contributed by atoms with Crippen molar-refractivity contribution < 1.29 is 4.79 Å². The Balaban J connectivity index is 1.37. The highest BCUT2D eigenvalue weighted by molar-refractivity contribution is 6.33. The average Bonchev–Trinajstić information content (AvgIpc) is 3.27. The molecule has 27 heavy (non-hydrogen) atoms. The maximum atomic E-state index is 12.8. The number of benzene rings is 2. The van der Waals surface area contributed by atoms with E-state index in [4.69, 9.17) is 23.2 Å². The predicted octanol–water partition coefficient (Wildman–Crippen LogP) is 5.36. The van der Waals surface area contributed by atoms with Gasteiger partial charge in [0.15, 0.2) is 0 Å². The van der Waals surface area contributed by atoms with Crippen molar-refractivity contribution in [3.05, 3.63) is 63.6 Å². The monoisotopic (exact) mass is 401 g/mol. The minimum absolute atomic E-state index is 0.0199. The van der Waals surface area contributed by atoms with E-state index in [1.165, 1.54) is 0 Å². The van der Waals surface area contributed by atoms with Gasteiger partial charge in [-0.1, -0.05) is 40.9 Å². The summed E-state index contributed by atoms with van der Waals surface area (Å²) in [6.07, 6.45) is 0.980. The number of hydrogen-bond acceptors (Lipinski definition) is 2. The highest BCUT2D eigenvalue weighted by atomic mass is 35.5. The second-order valence-corrected chi connectivity index (χ2v) is 8.03. The summed E-state index contributed by atoms with van der Waals surface area (Å²) in [5.74, 6) is 1.40. The number of likely N-dealkylation sites (tertiary alicyclic amines) is 1. The van der Waals surface area contributed by atoms with Crippen molar-refractivity contribution in [3.63, 3.8) is 0 Å². The number of carbonyl (C=O) groups excluding carboxylic acids is 1. The SMILES string of the molecule is Cc1ccc(Cl)c(C(=O)N2CC[C@@H](CNc3cc4ccc(Cl)cc4[nH]3)C2)c1. The number of halogens is 2. The van der Waals surface area contributed by atoms with Gasteiger partial charge in [0, 0.05) is 35.6 Å². The maximum Gasteiger partial charge on any atom is 0.255 e. The first-order valence-electron chi connectivity index (χ1n) is 9.07. The van der Waals surface area contributed by atoms with E-state index >= 15 is 0 Å². The van der Waals surface area contributed by atoms with Crippen LogP contribution >= 0.6 is 23.2 Å². The standard InChI is InChI=1S/C21H21Cl2N3O/c1-13-2-5-18(23)17(8-13)21(27)26-7-6-14(12-26)11-24-20-9-15-3-4-16(22)10-19(15)25-20/h2-5,8-10,14,24-25H,6-7,11-12H2,1H3/t14-/m0/s1. The van der Waals surface area contributed by atoms with Crippen LogP contribution in [-0.4, -0.2) is 35.4 Å². The van der Waals surface area contributed by atoms with Crippen molar-refractivity contribution in [2.45, 2.75) is 13.3 Å². The molecule has 0 aliphatic carbocycles. The molecule has 1 saturated heterocycles. The summed E-state index contributed by atoms with van der Waals surface area (Å²) in [6.45, 7) is 4.28. The van der Waals surface area contributed by atoms with Gasteiger partial charge in [-0.2, -0.15) is 0 Å². The zero-order chi connectivity index (χ0) is 19.0. The number of fused-ring (bicyclic) bond motifs is 1. The predicted molar refractivity (Wildman–Crippen MR) is 112 cm³/mol. The first-order valence-corrected chi connectivity index (χ1v) is 9.83. The van der Waals surface area contributed by atoms with E-state index in [1.54, 1.807) is 6.07 Å². The molecule has 140 valence electrons. The summed E-state index contributed by atoms with van der Waals surface area (Å²) in [6, 6.07) is 13.5. The average molecular weight is 402 g/mol. The van der Waals surface area contributed by atoms with Crippen LogP contribution in [0.2, 0.25) is 10.0 Å². The number of aromatic nitrogens is 1. The molecule has 1 aliphatic rings. The molecule has 6 heteroatoms. The van der Waals surface area contributed by atoms with Crippen molar-refractivity contribution >= 4 is 45.8 Å². The molecule has 0 saturated carbocycles. The van der Waals surface area contributed by atoms with Crippen molar-refractivity contribution in [1.82, 2.24) is 9.88 Å². The third-order valence-corrected chi connectivity index (χ3v) is 5.66. The van der Waals surface area contributed by atoms with Crippen LogP contribution in [-0.2, 0) is 0 Å². The lowest BCUT2D eigenvalue weighted by Gasteiger charge is -2.18. The summed E-state index contributed by atoms with van der Waals surface area (Å²) in [7, 11) is 0. The number of hydrogen-bond donors (Lipinski definition) is 2. The van der Waals surface area contributed by atoms with Gasteiger partial charge < -0.3 is 15.2 Å². The fraction of sp³-hybridized carbons (Fsp3) is 0.286. The Morgan fingerprint density at radius 3 is 2.93 bits per heavy atom. The van der Waals surface area contributed by atoms with Gasteiger partial charge in [-0.3, -0.25) is 4.79 Å². The minimum atomic E-state index is 0.0199. The quantitative estimate of drug-likeness (QED) is 0.618. The van der Waals surface area contributed by atoms with Gasteiger partial charge in [0.1, 0.15) is 5.82 Å². The van der Waals surface area contributed by atoms with Crippen molar-refractivity contribution in [2.24, 2.45) is 5.92 Å². The molecule has 3 aromatic rings. The van der Waals surface area contributed by atoms with Crippen molar-refractivity contribution in [3.8, 4) is 0 Å². The number of aryl methyl sites for hydroxylation is 1. The second kappa shape index (κ2) is 7.45. The first kappa shape index (κ1) is 18.2. The maximum absolute atomic E-state index is 12.8. The summed E-state index contributed by atoms with van der Waals surface area (Å²) in [5, 5.41) is 5.81. The summed E-state index contributed by atoms with van der Waals surface area (Å²) in [5.41, 5.74) is 2.65. The summed E-state index contributed by atoms with van der Waals surface area (Å²) in [4.78, 5) is 18.0. The van der Waals surface area contributed by atoms with Crippen LogP contribution in [0.25, 0.3) is 10.9 Å². The molecule has 2 aromatic carbocycles. The summed E-state index contributed by atoms with van der Waals surface area (Å²) >= 11 is 12.3. The highest BCUT2D eigenvalue weighted by Gasteiger charge is 2.28. The fourth-order valence-electron chi connectivity index (χ4n) is 3.61. The molecular formula is C21H21Cl2N3O. The zero-order valence-electron chi connectivity index (χ0n) is 15.1. The van der Waals surface area contributed by atoms with E-state index < -0.39 is 0 Å². The Labute approximate surface area is 168 Å². The number of nitrogens with zero attached hydrogens (tertiary/aromatic N) is 1. The third-order valence-electron chi connectivity index (χ3n) is 5.09. The lowest BCUT2D eigenvalue weighted by Crippen LogP contribution is -2.30. The zero-order valence-corrected chi connectivity index (χ0v) is 16.6. The molecule has 0 spiro atoms. The largest absolute Gasteiger partial charge is 0.371 e. The lowest BCUT2D eigenvalue weighted by atomic mass is 10.1. The van der Waals surface area contributed by atoms with Crippen LogP contribution in [0.1, 0.15) is 22.3 Å². The Morgan fingerprint density at radius 1 is 1.22 bits per heavy atom. The highest BCUT2D eigenvalue weighted by Crippen LogP contribution is 2.25. The van der Waals surface area contributed by atoms with Gasteiger partial charge in [0.25, 0.3) is 5.91 Å². The molecule has 4 rings (SSSR count). The van der Waals surface area contributed by atoms with Gasteiger partial charge in [0.2, 0.25) is 0 Å². The molecule has 0 unspecified atom stereocenters. The fourth-order valence-corrected chi connectivity index (χ4v) is 3.98. The first-order chi connectivity index (χ1) is 13.0. The number of amides is 1. The van der Waals surface area contributed by atoms with Crippen LogP contribution in [0.3, 0.4) is 0 Å². The molecule has 0 bridgehead atoms. The second-order valence-electron chi connectivity index (χ2n) is 7.18. The normalized spacial score (nSPS) is 16.9. The van der Waals surface area contributed by atoms with Crippen LogP contribution in [0.5, 0.6) is 0 Å². The smallest absolute Gasteiger partial charge is 0.255 e. The Morgan fingerprint density at radius 2 is 2.07 bits per heavy atom. The van der Waals surface area contributed by atoms with Crippen LogP contribution in [0, 0.1) is 12.8 Å². The Hall–Kier alpha value is -2.17. The number of nitrogens with one attached hydrogen (secondary N) is 2. The van der Waals surface area contributed by atoms with Crippen LogP contribution in [0.15, 0.2) is 42.5 Å². The molecule has 4 nitrogen and oxygen atoms in total. The molecule has 1 aromatic heterocycles. The van der Waals surface area contributed by atoms with Crippen molar-refractivity contribution in [2.75, 3.05) is 25.0 Å². The number of aromatic amines is 1. The third kappa shape index (κ3) is 3.92. The van der Waals surface area contributed by atoms with Gasteiger partial charge in [-0.05, 0) is 49.6 Å². The topological polar surface area (TPSA) is 48.1 Å². The molecule has 0 radical (unpaired) electrons. The van der Waals surface area contributed by atoms with Crippen molar-refractivity contribution in [1.29, 1.82) is 0 Å². The van der Waals surface area contributed by atoms with E-state index in [1.807, 2.05) is 42.2 Å². The molecule has 2 N–H and O–H groups in total. The number of H-pyrrole nitrogens is 1. The number of carbonyl (C=O) groups is 1.